The Morgan fingerprint density at radius 1 is 1.17 bits per heavy atom. The van der Waals surface area contributed by atoms with Gasteiger partial charge in [-0.25, -0.2) is 0 Å². The summed E-state index contributed by atoms with van der Waals surface area (Å²) in [6.45, 7) is 6.25. The highest BCUT2D eigenvalue weighted by Gasteiger charge is 2.06. The SMILES string of the molecule is CCNCCc1nnc(Cc2ccccc2C)s1. The molecule has 0 aliphatic carbocycles. The van der Waals surface area contributed by atoms with Crippen molar-refractivity contribution in [2.75, 3.05) is 13.1 Å². The van der Waals surface area contributed by atoms with Gasteiger partial charge in [0.05, 0.1) is 0 Å². The number of nitrogens with one attached hydrogen (secondary N) is 1. The lowest BCUT2D eigenvalue weighted by atomic mass is 10.1. The van der Waals surface area contributed by atoms with Gasteiger partial charge in [0.1, 0.15) is 10.0 Å². The lowest BCUT2D eigenvalue weighted by Gasteiger charge is -2.01. The van der Waals surface area contributed by atoms with Gasteiger partial charge >= 0.3 is 0 Å². The standard InChI is InChI=1S/C14H19N3S/c1-3-15-9-8-13-16-17-14(18-13)10-12-7-5-4-6-11(12)2/h4-7,15H,3,8-10H2,1-2H3. The van der Waals surface area contributed by atoms with Crippen LogP contribution in [0.5, 0.6) is 0 Å². The molecule has 0 saturated carbocycles. The highest BCUT2D eigenvalue weighted by molar-refractivity contribution is 7.11. The minimum Gasteiger partial charge on any atom is -0.317 e. The largest absolute Gasteiger partial charge is 0.317 e. The van der Waals surface area contributed by atoms with Crippen LogP contribution in [0.1, 0.15) is 28.1 Å². The van der Waals surface area contributed by atoms with Crippen LogP contribution in [0.15, 0.2) is 24.3 Å². The molecule has 1 aromatic carbocycles. The zero-order chi connectivity index (χ0) is 12.8. The molecule has 0 saturated heterocycles. The summed E-state index contributed by atoms with van der Waals surface area (Å²) >= 11 is 1.72. The molecule has 0 radical (unpaired) electrons. The molecule has 0 aliphatic heterocycles. The Labute approximate surface area is 112 Å². The van der Waals surface area contributed by atoms with Gasteiger partial charge in [0, 0.05) is 19.4 Å². The summed E-state index contributed by atoms with van der Waals surface area (Å²) in [6.07, 6.45) is 1.87. The summed E-state index contributed by atoms with van der Waals surface area (Å²) in [6, 6.07) is 8.45. The second-order valence-electron chi connectivity index (χ2n) is 4.30. The van der Waals surface area contributed by atoms with E-state index in [1.165, 1.54) is 11.1 Å². The van der Waals surface area contributed by atoms with Crippen LogP contribution in [-0.4, -0.2) is 23.3 Å². The van der Waals surface area contributed by atoms with E-state index in [0.717, 1.165) is 35.9 Å². The minimum atomic E-state index is 0.894. The fourth-order valence-electron chi connectivity index (χ4n) is 1.80. The van der Waals surface area contributed by atoms with Crippen LogP contribution in [0.25, 0.3) is 0 Å². The van der Waals surface area contributed by atoms with Crippen LogP contribution in [0.2, 0.25) is 0 Å². The van der Waals surface area contributed by atoms with E-state index in [1.807, 2.05) is 0 Å². The predicted molar refractivity (Wildman–Crippen MR) is 76.1 cm³/mol. The van der Waals surface area contributed by atoms with Gasteiger partial charge < -0.3 is 5.32 Å². The van der Waals surface area contributed by atoms with Crippen molar-refractivity contribution < 1.29 is 0 Å². The lowest BCUT2D eigenvalue weighted by Crippen LogP contribution is -2.15. The van der Waals surface area contributed by atoms with Crippen molar-refractivity contribution in [3.8, 4) is 0 Å². The van der Waals surface area contributed by atoms with Crippen molar-refractivity contribution >= 4 is 11.3 Å². The molecule has 0 atom stereocenters. The molecular weight excluding hydrogens is 242 g/mol. The number of nitrogens with zero attached hydrogens (tertiary/aromatic N) is 2. The van der Waals surface area contributed by atoms with Crippen molar-refractivity contribution in [3.63, 3.8) is 0 Å². The number of hydrogen-bond donors (Lipinski definition) is 1. The summed E-state index contributed by atoms with van der Waals surface area (Å²) in [4.78, 5) is 0. The first-order valence-corrected chi connectivity index (χ1v) is 7.17. The van der Waals surface area contributed by atoms with Crippen LogP contribution in [-0.2, 0) is 12.8 Å². The van der Waals surface area contributed by atoms with E-state index >= 15 is 0 Å². The Kier molecular flexibility index (Phi) is 4.84. The van der Waals surface area contributed by atoms with Crippen molar-refractivity contribution in [2.45, 2.75) is 26.7 Å². The van der Waals surface area contributed by atoms with E-state index in [4.69, 9.17) is 0 Å². The summed E-state index contributed by atoms with van der Waals surface area (Å²) in [5.41, 5.74) is 2.66. The Morgan fingerprint density at radius 2 is 1.94 bits per heavy atom. The molecule has 0 fully saturated rings. The average molecular weight is 261 g/mol. The Morgan fingerprint density at radius 3 is 2.72 bits per heavy atom. The topological polar surface area (TPSA) is 37.8 Å². The van der Waals surface area contributed by atoms with E-state index < -0.39 is 0 Å². The van der Waals surface area contributed by atoms with Crippen LogP contribution >= 0.6 is 11.3 Å². The molecule has 96 valence electrons. The van der Waals surface area contributed by atoms with Gasteiger partial charge in [0.2, 0.25) is 0 Å². The molecule has 18 heavy (non-hydrogen) atoms. The maximum absolute atomic E-state index is 4.27. The Hall–Kier alpha value is -1.26. The van der Waals surface area contributed by atoms with Gasteiger partial charge in [0.25, 0.3) is 0 Å². The van der Waals surface area contributed by atoms with Crippen LogP contribution in [0, 0.1) is 6.92 Å². The fraction of sp³-hybridized carbons (Fsp3) is 0.429. The summed E-state index contributed by atoms with van der Waals surface area (Å²) < 4.78 is 0. The highest BCUT2D eigenvalue weighted by Crippen LogP contribution is 2.17. The first-order valence-electron chi connectivity index (χ1n) is 6.36. The number of benzene rings is 1. The highest BCUT2D eigenvalue weighted by atomic mass is 32.1. The molecule has 0 spiro atoms. The van der Waals surface area contributed by atoms with E-state index in [-0.39, 0.29) is 0 Å². The molecule has 1 N–H and O–H groups in total. The first-order chi connectivity index (χ1) is 8.79. The summed E-state index contributed by atoms with van der Waals surface area (Å²) in [7, 11) is 0. The number of rotatable bonds is 6. The van der Waals surface area contributed by atoms with Gasteiger partial charge in [-0.1, -0.05) is 31.2 Å². The quantitative estimate of drug-likeness (QED) is 0.812. The summed E-state index contributed by atoms with van der Waals surface area (Å²) in [5, 5.41) is 14.0. The number of likely N-dealkylation sites (N-methyl/N-ethyl adjacent to an activating group) is 1. The molecule has 0 amide bonds. The molecule has 0 bridgehead atoms. The van der Waals surface area contributed by atoms with Gasteiger partial charge in [-0.15, -0.1) is 21.5 Å². The number of aryl methyl sites for hydroxylation is 1. The molecule has 3 nitrogen and oxygen atoms in total. The molecule has 1 aromatic heterocycles. The molecule has 0 unspecified atom stereocenters. The smallest absolute Gasteiger partial charge is 0.121 e. The molecule has 0 aliphatic rings. The number of aromatic nitrogens is 2. The zero-order valence-corrected chi connectivity index (χ0v) is 11.8. The van der Waals surface area contributed by atoms with Gasteiger partial charge in [-0.05, 0) is 24.6 Å². The molecule has 2 aromatic rings. The van der Waals surface area contributed by atoms with Gasteiger partial charge in [-0.3, -0.25) is 0 Å². The third-order valence-corrected chi connectivity index (χ3v) is 3.86. The van der Waals surface area contributed by atoms with E-state index in [9.17, 15) is 0 Å². The molecule has 1 heterocycles. The van der Waals surface area contributed by atoms with Crippen molar-refractivity contribution in [1.82, 2.24) is 15.5 Å². The van der Waals surface area contributed by atoms with Gasteiger partial charge in [0.15, 0.2) is 0 Å². The molecule has 2 rings (SSSR count). The maximum atomic E-state index is 4.27. The minimum absolute atomic E-state index is 0.894. The maximum Gasteiger partial charge on any atom is 0.121 e. The predicted octanol–water partition coefficient (Wildman–Crippen LogP) is 2.59. The monoisotopic (exact) mass is 261 g/mol. The molecule has 4 heteroatoms. The lowest BCUT2D eigenvalue weighted by molar-refractivity contribution is 0.710. The third-order valence-electron chi connectivity index (χ3n) is 2.88. The van der Waals surface area contributed by atoms with Crippen molar-refractivity contribution in [3.05, 3.63) is 45.4 Å². The Bertz CT molecular complexity index is 493. The first kappa shape index (κ1) is 13.2. The Balaban J connectivity index is 1.96. The van der Waals surface area contributed by atoms with Gasteiger partial charge in [-0.2, -0.15) is 0 Å². The van der Waals surface area contributed by atoms with Crippen molar-refractivity contribution in [2.24, 2.45) is 0 Å². The second kappa shape index (κ2) is 6.61. The van der Waals surface area contributed by atoms with E-state index in [0.29, 0.717) is 0 Å². The second-order valence-corrected chi connectivity index (χ2v) is 5.44. The average Bonchev–Trinajstić information content (AvgIpc) is 2.80. The van der Waals surface area contributed by atoms with Crippen molar-refractivity contribution in [1.29, 1.82) is 0 Å². The van der Waals surface area contributed by atoms with E-state index in [1.54, 1.807) is 11.3 Å². The van der Waals surface area contributed by atoms with Crippen LogP contribution in [0.3, 0.4) is 0 Å². The van der Waals surface area contributed by atoms with Crippen LogP contribution in [0.4, 0.5) is 0 Å². The number of hydrogen-bond acceptors (Lipinski definition) is 4. The third kappa shape index (κ3) is 3.62. The van der Waals surface area contributed by atoms with Crippen LogP contribution < -0.4 is 5.32 Å². The molecular formula is C14H19N3S. The summed E-state index contributed by atoms with van der Waals surface area (Å²) in [5.74, 6) is 0. The fourth-order valence-corrected chi connectivity index (χ4v) is 2.67. The van der Waals surface area contributed by atoms with E-state index in [2.05, 4.69) is 53.6 Å². The normalized spacial score (nSPS) is 10.8. The zero-order valence-electron chi connectivity index (χ0n) is 10.9.